The summed E-state index contributed by atoms with van der Waals surface area (Å²) in [4.78, 5) is 40.6. The summed E-state index contributed by atoms with van der Waals surface area (Å²) in [6, 6.07) is 17.8. The Kier molecular flexibility index (Phi) is 6.16. The number of aromatic hydroxyl groups is 1. The fourth-order valence-corrected chi connectivity index (χ4v) is 4.52. The van der Waals surface area contributed by atoms with Crippen molar-refractivity contribution in [3.05, 3.63) is 89.0 Å². The smallest absolute Gasteiger partial charge is 0.256 e. The third-order valence-corrected chi connectivity index (χ3v) is 6.45. The normalized spacial score (nSPS) is 18.9. The number of hydrogen-bond donors (Lipinski definition) is 3. The first-order chi connectivity index (χ1) is 17.4. The van der Waals surface area contributed by atoms with E-state index in [1.54, 1.807) is 67.8 Å². The quantitative estimate of drug-likeness (QED) is 0.481. The fourth-order valence-electron chi connectivity index (χ4n) is 4.52. The molecule has 0 saturated carbocycles. The molecule has 0 aliphatic carbocycles. The molecular formula is C28H25N3O5. The van der Waals surface area contributed by atoms with Crippen LogP contribution >= 0.6 is 0 Å². The van der Waals surface area contributed by atoms with Gasteiger partial charge in [0.25, 0.3) is 11.8 Å². The number of anilines is 1. The number of rotatable bonds is 5. The number of carbonyl (C=O) groups excluding carboxylic acids is 3. The SMILES string of the molecule is COc1ccc(C(=O)N[C@H]2C[C@H]3C(=O)Nc4ccc(/C=C/c5ccc(O)cc5)cc4C(=O)N3C2)cc1. The number of fused-ring (bicyclic) bond motifs is 2. The summed E-state index contributed by atoms with van der Waals surface area (Å²) in [5, 5.41) is 15.3. The molecule has 2 aliphatic rings. The Morgan fingerprint density at radius 1 is 1.03 bits per heavy atom. The van der Waals surface area contributed by atoms with E-state index in [4.69, 9.17) is 4.74 Å². The van der Waals surface area contributed by atoms with Gasteiger partial charge in [-0.15, -0.1) is 0 Å². The van der Waals surface area contributed by atoms with Gasteiger partial charge in [0.2, 0.25) is 5.91 Å². The predicted molar refractivity (Wildman–Crippen MR) is 136 cm³/mol. The number of phenolic OH excluding ortho intramolecular Hbond substituents is 1. The molecule has 5 rings (SSSR count). The first-order valence-corrected chi connectivity index (χ1v) is 11.6. The minimum atomic E-state index is -0.665. The number of nitrogens with zero attached hydrogens (tertiary/aromatic N) is 1. The van der Waals surface area contributed by atoms with Crippen molar-refractivity contribution in [2.45, 2.75) is 18.5 Å². The molecule has 8 heteroatoms. The van der Waals surface area contributed by atoms with E-state index < -0.39 is 6.04 Å². The van der Waals surface area contributed by atoms with Crippen LogP contribution in [0.25, 0.3) is 12.2 Å². The van der Waals surface area contributed by atoms with Crippen molar-refractivity contribution in [2.24, 2.45) is 0 Å². The minimum absolute atomic E-state index is 0.192. The lowest BCUT2D eigenvalue weighted by atomic mass is 10.1. The average molecular weight is 484 g/mol. The van der Waals surface area contributed by atoms with E-state index in [0.717, 1.165) is 11.1 Å². The zero-order valence-corrected chi connectivity index (χ0v) is 19.6. The van der Waals surface area contributed by atoms with Gasteiger partial charge in [0, 0.05) is 18.2 Å². The maximum Gasteiger partial charge on any atom is 0.256 e. The highest BCUT2D eigenvalue weighted by Gasteiger charge is 2.43. The maximum absolute atomic E-state index is 13.5. The molecule has 3 aromatic carbocycles. The molecule has 2 aliphatic heterocycles. The molecule has 3 aromatic rings. The standard InChI is InChI=1S/C28H25N3O5/c1-36-22-11-7-19(8-12-22)26(33)29-20-15-25-27(34)30-24-13-6-18(14-23(24)28(35)31(25)16-20)3-2-17-4-9-21(32)10-5-17/h2-14,20,25,32H,15-16H2,1H3,(H,29,33)(H,30,34)/b3-2+/t20-,25-/m0/s1. The second-order valence-electron chi connectivity index (χ2n) is 8.83. The third kappa shape index (κ3) is 4.65. The topological polar surface area (TPSA) is 108 Å². The van der Waals surface area contributed by atoms with Crippen LogP contribution < -0.4 is 15.4 Å². The molecular weight excluding hydrogens is 458 g/mol. The summed E-state index contributed by atoms with van der Waals surface area (Å²) in [6.07, 6.45) is 4.08. The number of ether oxygens (including phenoxy) is 1. The molecule has 0 spiro atoms. The first-order valence-electron chi connectivity index (χ1n) is 11.6. The van der Waals surface area contributed by atoms with E-state index >= 15 is 0 Å². The molecule has 8 nitrogen and oxygen atoms in total. The molecule has 0 aromatic heterocycles. The molecule has 1 fully saturated rings. The van der Waals surface area contributed by atoms with E-state index in [1.807, 2.05) is 18.2 Å². The summed E-state index contributed by atoms with van der Waals surface area (Å²) >= 11 is 0. The van der Waals surface area contributed by atoms with Crippen LogP contribution in [-0.2, 0) is 4.79 Å². The van der Waals surface area contributed by atoms with Crippen molar-refractivity contribution in [3.63, 3.8) is 0 Å². The van der Waals surface area contributed by atoms with Crippen molar-refractivity contribution in [1.82, 2.24) is 10.2 Å². The summed E-state index contributed by atoms with van der Waals surface area (Å²) in [5.41, 5.74) is 3.05. The molecule has 2 heterocycles. The lowest BCUT2D eigenvalue weighted by molar-refractivity contribution is -0.119. The highest BCUT2D eigenvalue weighted by Crippen LogP contribution is 2.30. The van der Waals surface area contributed by atoms with Gasteiger partial charge in [-0.2, -0.15) is 0 Å². The van der Waals surface area contributed by atoms with Crippen molar-refractivity contribution < 1.29 is 24.2 Å². The Balaban J connectivity index is 1.32. The highest BCUT2D eigenvalue weighted by molar-refractivity contribution is 6.10. The van der Waals surface area contributed by atoms with Crippen LogP contribution in [0.2, 0.25) is 0 Å². The van der Waals surface area contributed by atoms with Gasteiger partial charge in [-0.05, 0) is 66.1 Å². The van der Waals surface area contributed by atoms with Gasteiger partial charge in [0.05, 0.1) is 18.4 Å². The lowest BCUT2D eigenvalue weighted by Gasteiger charge is -2.20. The number of carbonyl (C=O) groups is 3. The van der Waals surface area contributed by atoms with Crippen molar-refractivity contribution in [2.75, 3.05) is 19.0 Å². The Bertz CT molecular complexity index is 1350. The van der Waals surface area contributed by atoms with Gasteiger partial charge in [0.15, 0.2) is 0 Å². The van der Waals surface area contributed by atoms with Gasteiger partial charge in [-0.3, -0.25) is 14.4 Å². The Labute approximate surface area is 208 Å². The minimum Gasteiger partial charge on any atom is -0.508 e. The molecule has 3 N–H and O–H groups in total. The second-order valence-corrected chi connectivity index (χ2v) is 8.83. The number of amides is 3. The number of hydrogen-bond acceptors (Lipinski definition) is 5. The van der Waals surface area contributed by atoms with Gasteiger partial charge >= 0.3 is 0 Å². The fraction of sp³-hybridized carbons (Fsp3) is 0.179. The van der Waals surface area contributed by atoms with Gasteiger partial charge in [-0.1, -0.05) is 30.4 Å². The summed E-state index contributed by atoms with van der Waals surface area (Å²) in [5.74, 6) is 0.0523. The van der Waals surface area contributed by atoms with E-state index in [1.165, 1.54) is 4.90 Å². The second kappa shape index (κ2) is 9.58. The summed E-state index contributed by atoms with van der Waals surface area (Å²) < 4.78 is 5.13. The van der Waals surface area contributed by atoms with Crippen molar-refractivity contribution in [1.29, 1.82) is 0 Å². The molecule has 0 unspecified atom stereocenters. The third-order valence-electron chi connectivity index (χ3n) is 6.45. The summed E-state index contributed by atoms with van der Waals surface area (Å²) in [6.45, 7) is 0.242. The Hall–Kier alpha value is -4.59. The monoisotopic (exact) mass is 483 g/mol. The molecule has 36 heavy (non-hydrogen) atoms. The van der Waals surface area contributed by atoms with Crippen LogP contribution in [0.1, 0.15) is 38.3 Å². The zero-order chi connectivity index (χ0) is 25.2. The first kappa shape index (κ1) is 23.2. The van der Waals surface area contributed by atoms with E-state index in [2.05, 4.69) is 10.6 Å². The molecule has 1 saturated heterocycles. The van der Waals surface area contributed by atoms with Crippen LogP contribution in [0.15, 0.2) is 66.7 Å². The van der Waals surface area contributed by atoms with Crippen LogP contribution in [0, 0.1) is 0 Å². The van der Waals surface area contributed by atoms with Crippen LogP contribution in [-0.4, -0.2) is 53.5 Å². The number of phenols is 1. The van der Waals surface area contributed by atoms with Gasteiger partial charge in [0.1, 0.15) is 17.5 Å². The van der Waals surface area contributed by atoms with Crippen LogP contribution in [0.3, 0.4) is 0 Å². The Morgan fingerprint density at radius 2 is 1.72 bits per heavy atom. The lowest BCUT2D eigenvalue weighted by Crippen LogP contribution is -2.41. The van der Waals surface area contributed by atoms with E-state index in [9.17, 15) is 19.5 Å². The van der Waals surface area contributed by atoms with E-state index in [0.29, 0.717) is 29.0 Å². The van der Waals surface area contributed by atoms with Crippen molar-refractivity contribution >= 4 is 35.6 Å². The molecule has 0 bridgehead atoms. The largest absolute Gasteiger partial charge is 0.508 e. The molecule has 2 atom stereocenters. The van der Waals surface area contributed by atoms with Gasteiger partial charge < -0.3 is 25.4 Å². The van der Waals surface area contributed by atoms with E-state index in [-0.39, 0.29) is 36.1 Å². The molecule has 0 radical (unpaired) electrons. The van der Waals surface area contributed by atoms with Crippen molar-refractivity contribution in [3.8, 4) is 11.5 Å². The van der Waals surface area contributed by atoms with Crippen LogP contribution in [0.4, 0.5) is 5.69 Å². The number of methoxy groups -OCH3 is 1. The molecule has 3 amide bonds. The number of nitrogens with one attached hydrogen (secondary N) is 2. The van der Waals surface area contributed by atoms with Crippen LogP contribution in [0.5, 0.6) is 11.5 Å². The zero-order valence-electron chi connectivity index (χ0n) is 19.6. The summed E-state index contributed by atoms with van der Waals surface area (Å²) in [7, 11) is 1.56. The average Bonchev–Trinajstić information content (AvgIpc) is 3.29. The maximum atomic E-state index is 13.5. The van der Waals surface area contributed by atoms with Gasteiger partial charge in [-0.25, -0.2) is 0 Å². The highest BCUT2D eigenvalue weighted by atomic mass is 16.5. The number of benzene rings is 3. The molecule has 182 valence electrons. The Morgan fingerprint density at radius 3 is 2.44 bits per heavy atom. The predicted octanol–water partition coefficient (Wildman–Crippen LogP) is 3.54.